The highest BCUT2D eigenvalue weighted by Gasteiger charge is 2.24. The Labute approximate surface area is 143 Å². The summed E-state index contributed by atoms with van der Waals surface area (Å²) in [6.45, 7) is 6.21. The molecule has 126 valence electrons. The number of amides is 1. The highest BCUT2D eigenvalue weighted by Crippen LogP contribution is 2.27. The van der Waals surface area contributed by atoms with Crippen LogP contribution in [0.2, 0.25) is 0 Å². The number of rotatable bonds is 7. The molecule has 0 aliphatic rings. The maximum Gasteiger partial charge on any atom is 0.416 e. The third-order valence-electron chi connectivity index (χ3n) is 3.77. The van der Waals surface area contributed by atoms with Crippen molar-refractivity contribution in [3.63, 3.8) is 0 Å². The van der Waals surface area contributed by atoms with Crippen molar-refractivity contribution >= 4 is 6.09 Å². The van der Waals surface area contributed by atoms with Gasteiger partial charge in [-0.2, -0.15) is 0 Å². The fourth-order valence-electron chi connectivity index (χ4n) is 2.58. The van der Waals surface area contributed by atoms with Crippen LogP contribution >= 0.6 is 0 Å². The lowest BCUT2D eigenvalue weighted by Gasteiger charge is -2.29. The van der Waals surface area contributed by atoms with Crippen LogP contribution in [-0.2, 0) is 0 Å². The van der Waals surface area contributed by atoms with Gasteiger partial charge in [-0.3, -0.25) is 4.90 Å². The average molecular weight is 325 g/mol. The number of para-hydroxylation sites is 1. The van der Waals surface area contributed by atoms with Gasteiger partial charge >= 0.3 is 6.09 Å². The van der Waals surface area contributed by atoms with Crippen molar-refractivity contribution in [2.45, 2.75) is 19.4 Å². The molecule has 1 atom stereocenters. The first-order valence-corrected chi connectivity index (χ1v) is 7.98. The molecule has 0 saturated heterocycles. The Morgan fingerprint density at radius 1 is 1.12 bits per heavy atom. The third kappa shape index (κ3) is 4.38. The topological polar surface area (TPSA) is 38.8 Å². The Hall–Kier alpha value is -2.75. The van der Waals surface area contributed by atoms with Gasteiger partial charge in [0.15, 0.2) is 0 Å². The van der Waals surface area contributed by atoms with Crippen LogP contribution in [0.4, 0.5) is 4.79 Å². The molecular formula is C20H23NO3. The van der Waals surface area contributed by atoms with Crippen LogP contribution in [0.15, 0.2) is 67.3 Å². The number of ether oxygens (including phenoxy) is 2. The zero-order valence-corrected chi connectivity index (χ0v) is 14.1. The molecule has 0 spiro atoms. The molecule has 0 fully saturated rings. The number of benzene rings is 2. The molecule has 1 amide bonds. The monoisotopic (exact) mass is 325 g/mol. The standard InChI is InChI=1S/C20H23NO3/c1-4-15-21(20(22)24-18-9-7-6-8-10-18)19(5-2)16-11-13-17(23-3)14-12-16/h4,6-14,19H,1,5,15H2,2-3H3. The van der Waals surface area contributed by atoms with E-state index >= 15 is 0 Å². The van der Waals surface area contributed by atoms with Crippen molar-refractivity contribution < 1.29 is 14.3 Å². The molecule has 0 N–H and O–H groups in total. The highest BCUT2D eigenvalue weighted by atomic mass is 16.6. The predicted molar refractivity (Wildman–Crippen MR) is 95.4 cm³/mol. The average Bonchev–Trinajstić information content (AvgIpc) is 2.63. The second-order valence-corrected chi connectivity index (χ2v) is 5.32. The SMILES string of the molecule is C=CCN(C(=O)Oc1ccccc1)C(CC)c1ccc(OC)cc1. The van der Waals surface area contributed by atoms with E-state index in [1.807, 2.05) is 49.4 Å². The molecule has 0 saturated carbocycles. The van der Waals surface area contributed by atoms with Crippen LogP contribution in [0.3, 0.4) is 0 Å². The minimum absolute atomic E-state index is 0.0925. The number of nitrogens with zero attached hydrogens (tertiary/aromatic N) is 1. The lowest BCUT2D eigenvalue weighted by Crippen LogP contribution is -2.37. The molecule has 0 aliphatic heterocycles. The molecule has 0 aliphatic carbocycles. The summed E-state index contributed by atoms with van der Waals surface area (Å²) in [6, 6.07) is 16.7. The van der Waals surface area contributed by atoms with Crippen LogP contribution in [0.25, 0.3) is 0 Å². The van der Waals surface area contributed by atoms with Crippen molar-refractivity contribution in [2.24, 2.45) is 0 Å². The van der Waals surface area contributed by atoms with Gasteiger partial charge in [-0.1, -0.05) is 43.3 Å². The van der Waals surface area contributed by atoms with Crippen molar-refractivity contribution in [2.75, 3.05) is 13.7 Å². The summed E-state index contributed by atoms with van der Waals surface area (Å²) in [6.07, 6.45) is 2.09. The van der Waals surface area contributed by atoms with Gasteiger partial charge in [0.25, 0.3) is 0 Å². The maximum absolute atomic E-state index is 12.6. The molecule has 0 bridgehead atoms. The van der Waals surface area contributed by atoms with E-state index in [1.165, 1.54) is 0 Å². The van der Waals surface area contributed by atoms with E-state index in [2.05, 4.69) is 6.58 Å². The first-order chi connectivity index (χ1) is 11.7. The first-order valence-electron chi connectivity index (χ1n) is 7.98. The largest absolute Gasteiger partial charge is 0.497 e. The van der Waals surface area contributed by atoms with E-state index in [0.717, 1.165) is 17.7 Å². The number of carbonyl (C=O) groups is 1. The molecule has 4 nitrogen and oxygen atoms in total. The summed E-state index contributed by atoms with van der Waals surface area (Å²) in [7, 11) is 1.63. The van der Waals surface area contributed by atoms with Crippen LogP contribution in [-0.4, -0.2) is 24.6 Å². The Morgan fingerprint density at radius 2 is 1.79 bits per heavy atom. The Kier molecular flexibility index (Phi) is 6.43. The Balaban J connectivity index is 2.21. The molecule has 4 heteroatoms. The summed E-state index contributed by atoms with van der Waals surface area (Å²) in [5.74, 6) is 1.32. The minimum Gasteiger partial charge on any atom is -0.497 e. The van der Waals surface area contributed by atoms with Crippen LogP contribution in [0.5, 0.6) is 11.5 Å². The highest BCUT2D eigenvalue weighted by molar-refractivity contribution is 5.71. The lowest BCUT2D eigenvalue weighted by atomic mass is 10.0. The Morgan fingerprint density at radius 3 is 2.33 bits per heavy atom. The summed E-state index contributed by atoms with van der Waals surface area (Å²) in [5.41, 5.74) is 1.03. The van der Waals surface area contributed by atoms with Gasteiger partial charge in [-0.15, -0.1) is 6.58 Å². The van der Waals surface area contributed by atoms with Gasteiger partial charge in [-0.05, 0) is 36.2 Å². The van der Waals surface area contributed by atoms with Gasteiger partial charge in [-0.25, -0.2) is 4.79 Å². The van der Waals surface area contributed by atoms with Crippen LogP contribution in [0, 0.1) is 0 Å². The second-order valence-electron chi connectivity index (χ2n) is 5.32. The number of carbonyl (C=O) groups excluding carboxylic acids is 1. The molecule has 1 unspecified atom stereocenters. The molecule has 0 aromatic heterocycles. The third-order valence-corrected chi connectivity index (χ3v) is 3.77. The van der Waals surface area contributed by atoms with E-state index in [1.54, 1.807) is 30.2 Å². The van der Waals surface area contributed by atoms with Crippen LogP contribution in [0.1, 0.15) is 24.9 Å². The molecule has 2 aromatic rings. The van der Waals surface area contributed by atoms with Gasteiger partial charge in [0.1, 0.15) is 11.5 Å². The van der Waals surface area contributed by atoms with Gasteiger partial charge in [0.2, 0.25) is 0 Å². The number of methoxy groups -OCH3 is 1. The van der Waals surface area contributed by atoms with Crippen molar-refractivity contribution in [1.29, 1.82) is 0 Å². The van der Waals surface area contributed by atoms with E-state index < -0.39 is 0 Å². The number of hydrogen-bond donors (Lipinski definition) is 0. The van der Waals surface area contributed by atoms with E-state index in [4.69, 9.17) is 9.47 Å². The first kappa shape index (κ1) is 17.6. The second kappa shape index (κ2) is 8.77. The summed E-state index contributed by atoms with van der Waals surface area (Å²) in [5, 5.41) is 0. The predicted octanol–water partition coefficient (Wildman–Crippen LogP) is 4.83. The van der Waals surface area contributed by atoms with E-state index in [9.17, 15) is 4.79 Å². The number of hydrogen-bond acceptors (Lipinski definition) is 3. The molecule has 2 rings (SSSR count). The van der Waals surface area contributed by atoms with Crippen LogP contribution < -0.4 is 9.47 Å². The van der Waals surface area contributed by atoms with Gasteiger partial charge in [0, 0.05) is 6.54 Å². The zero-order chi connectivity index (χ0) is 17.4. The molecule has 0 radical (unpaired) electrons. The molecule has 24 heavy (non-hydrogen) atoms. The molecule has 0 heterocycles. The minimum atomic E-state index is -0.385. The fourth-order valence-corrected chi connectivity index (χ4v) is 2.58. The van der Waals surface area contributed by atoms with Crippen molar-refractivity contribution in [3.8, 4) is 11.5 Å². The maximum atomic E-state index is 12.6. The molecular weight excluding hydrogens is 302 g/mol. The smallest absolute Gasteiger partial charge is 0.416 e. The van der Waals surface area contributed by atoms with Gasteiger partial charge in [0.05, 0.1) is 13.2 Å². The Bertz CT molecular complexity index is 652. The van der Waals surface area contributed by atoms with Crippen molar-refractivity contribution in [1.82, 2.24) is 4.90 Å². The van der Waals surface area contributed by atoms with Gasteiger partial charge < -0.3 is 9.47 Å². The van der Waals surface area contributed by atoms with E-state index in [-0.39, 0.29) is 12.1 Å². The summed E-state index contributed by atoms with van der Waals surface area (Å²) in [4.78, 5) is 14.3. The molecule has 2 aromatic carbocycles. The zero-order valence-electron chi connectivity index (χ0n) is 14.1. The fraction of sp³-hybridized carbons (Fsp3) is 0.250. The normalized spacial score (nSPS) is 11.4. The van der Waals surface area contributed by atoms with E-state index in [0.29, 0.717) is 12.3 Å². The summed E-state index contributed by atoms with van der Waals surface area (Å²) < 4.78 is 10.7. The quantitative estimate of drug-likeness (QED) is 0.684. The summed E-state index contributed by atoms with van der Waals surface area (Å²) >= 11 is 0. The van der Waals surface area contributed by atoms with Crippen molar-refractivity contribution in [3.05, 3.63) is 72.8 Å². The lowest BCUT2D eigenvalue weighted by molar-refractivity contribution is 0.136.